The molecule has 0 bridgehead atoms. The van der Waals surface area contributed by atoms with Gasteiger partial charge in [-0.3, -0.25) is 14.9 Å². The molecule has 1 fully saturated rings. The maximum absolute atomic E-state index is 11.5. The second kappa shape index (κ2) is 7.88. The highest BCUT2D eigenvalue weighted by Gasteiger charge is 2.24. The zero-order valence-corrected chi connectivity index (χ0v) is 14.8. The highest BCUT2D eigenvalue weighted by atomic mass is 32.2. The SMILES string of the molecule is COc1cccc(C(=N)COc2ccc(C=C3SC(=O)NC3=O)cc2)c1. The second-order valence-electron chi connectivity index (χ2n) is 5.42. The lowest BCUT2D eigenvalue weighted by Gasteiger charge is -2.09. The van der Waals surface area contributed by atoms with E-state index in [1.807, 2.05) is 18.2 Å². The van der Waals surface area contributed by atoms with Gasteiger partial charge in [0.05, 0.1) is 17.7 Å². The summed E-state index contributed by atoms with van der Waals surface area (Å²) < 4.78 is 10.8. The molecule has 2 N–H and O–H groups in total. The molecule has 2 amide bonds. The van der Waals surface area contributed by atoms with Crippen molar-refractivity contribution >= 4 is 34.7 Å². The number of benzene rings is 2. The first kappa shape index (κ1) is 17.8. The fourth-order valence-corrected chi connectivity index (χ4v) is 2.96. The summed E-state index contributed by atoms with van der Waals surface area (Å²) in [5.74, 6) is 0.920. The van der Waals surface area contributed by atoms with Crippen LogP contribution >= 0.6 is 11.8 Å². The molecule has 0 aromatic heterocycles. The number of hydrogen-bond donors (Lipinski definition) is 2. The molecule has 0 aliphatic carbocycles. The quantitative estimate of drug-likeness (QED) is 0.602. The van der Waals surface area contributed by atoms with Crippen molar-refractivity contribution in [3.8, 4) is 11.5 Å². The molecule has 132 valence electrons. The number of methoxy groups -OCH3 is 1. The van der Waals surface area contributed by atoms with Gasteiger partial charge in [-0.15, -0.1) is 0 Å². The molecule has 1 saturated heterocycles. The van der Waals surface area contributed by atoms with Crippen molar-refractivity contribution in [3.63, 3.8) is 0 Å². The van der Waals surface area contributed by atoms with Crippen LogP contribution in [0.1, 0.15) is 11.1 Å². The van der Waals surface area contributed by atoms with Gasteiger partial charge in [0.1, 0.15) is 18.1 Å². The third-order valence-corrected chi connectivity index (χ3v) is 4.43. The Morgan fingerprint density at radius 2 is 1.92 bits per heavy atom. The van der Waals surface area contributed by atoms with Gasteiger partial charge >= 0.3 is 0 Å². The van der Waals surface area contributed by atoms with E-state index in [0.717, 1.165) is 22.9 Å². The number of carbonyl (C=O) groups excluding carboxylic acids is 2. The molecular formula is C19H16N2O4S. The fourth-order valence-electron chi connectivity index (χ4n) is 2.28. The van der Waals surface area contributed by atoms with Crippen molar-refractivity contribution in [2.75, 3.05) is 13.7 Å². The molecular weight excluding hydrogens is 352 g/mol. The lowest BCUT2D eigenvalue weighted by Crippen LogP contribution is -2.17. The van der Waals surface area contributed by atoms with Crippen LogP contribution in [-0.4, -0.2) is 30.6 Å². The Morgan fingerprint density at radius 3 is 2.58 bits per heavy atom. The molecule has 3 rings (SSSR count). The average molecular weight is 368 g/mol. The van der Waals surface area contributed by atoms with E-state index < -0.39 is 0 Å². The number of nitrogens with one attached hydrogen (secondary N) is 2. The summed E-state index contributed by atoms with van der Waals surface area (Å²) in [6, 6.07) is 14.3. The van der Waals surface area contributed by atoms with E-state index >= 15 is 0 Å². The third kappa shape index (κ3) is 4.31. The van der Waals surface area contributed by atoms with Crippen LogP contribution in [0.15, 0.2) is 53.4 Å². The van der Waals surface area contributed by atoms with Crippen LogP contribution in [0.3, 0.4) is 0 Å². The van der Waals surface area contributed by atoms with Crippen LogP contribution in [-0.2, 0) is 4.79 Å². The molecule has 0 saturated carbocycles. The number of hydrogen-bond acceptors (Lipinski definition) is 6. The average Bonchev–Trinajstić information content (AvgIpc) is 2.97. The van der Waals surface area contributed by atoms with E-state index in [1.165, 1.54) is 0 Å². The molecule has 1 aliphatic heterocycles. The Labute approximate surface area is 154 Å². The van der Waals surface area contributed by atoms with Crippen molar-refractivity contribution in [3.05, 3.63) is 64.6 Å². The first-order valence-corrected chi connectivity index (χ1v) is 8.56. The lowest BCUT2D eigenvalue weighted by molar-refractivity contribution is -0.115. The van der Waals surface area contributed by atoms with Crippen molar-refractivity contribution in [1.82, 2.24) is 5.32 Å². The highest BCUT2D eigenvalue weighted by molar-refractivity contribution is 8.18. The van der Waals surface area contributed by atoms with Gasteiger partial charge in [-0.25, -0.2) is 0 Å². The normalized spacial score (nSPS) is 15.0. The Bertz CT molecular complexity index is 891. The fraction of sp³-hybridized carbons (Fsp3) is 0.105. The summed E-state index contributed by atoms with van der Waals surface area (Å²) >= 11 is 0.879. The maximum Gasteiger partial charge on any atom is 0.290 e. The van der Waals surface area contributed by atoms with Crippen molar-refractivity contribution in [1.29, 1.82) is 5.41 Å². The Hall–Kier alpha value is -3.06. The largest absolute Gasteiger partial charge is 0.497 e. The Balaban J connectivity index is 1.61. The molecule has 2 aromatic rings. The van der Waals surface area contributed by atoms with Gasteiger partial charge in [0.2, 0.25) is 0 Å². The standard InChI is InChI=1S/C19H16N2O4S/c1-24-15-4-2-3-13(10-15)16(20)11-25-14-7-5-12(6-8-14)9-17-18(22)21-19(23)26-17/h2-10,20H,11H2,1H3,(H,21,22,23). The van der Waals surface area contributed by atoms with E-state index in [-0.39, 0.29) is 17.8 Å². The third-order valence-electron chi connectivity index (χ3n) is 3.62. The molecule has 26 heavy (non-hydrogen) atoms. The first-order chi connectivity index (χ1) is 12.5. The zero-order valence-electron chi connectivity index (χ0n) is 13.9. The van der Waals surface area contributed by atoms with E-state index in [9.17, 15) is 9.59 Å². The molecule has 0 spiro atoms. The van der Waals surface area contributed by atoms with Gasteiger partial charge < -0.3 is 14.9 Å². The lowest BCUT2D eigenvalue weighted by atomic mass is 10.1. The van der Waals surface area contributed by atoms with E-state index in [4.69, 9.17) is 14.9 Å². The molecule has 0 unspecified atom stereocenters. The van der Waals surface area contributed by atoms with Crippen molar-refractivity contribution in [2.45, 2.75) is 0 Å². The van der Waals surface area contributed by atoms with Crippen LogP contribution in [0.4, 0.5) is 4.79 Å². The Morgan fingerprint density at radius 1 is 1.15 bits per heavy atom. The highest BCUT2D eigenvalue weighted by Crippen LogP contribution is 2.26. The van der Waals surface area contributed by atoms with Gasteiger partial charge in [-0.1, -0.05) is 24.3 Å². The number of ether oxygens (including phenoxy) is 2. The molecule has 7 heteroatoms. The minimum absolute atomic E-state index is 0.125. The number of thioether (sulfide) groups is 1. The first-order valence-electron chi connectivity index (χ1n) is 7.75. The predicted molar refractivity (Wildman–Crippen MR) is 101 cm³/mol. The molecule has 2 aromatic carbocycles. The predicted octanol–water partition coefficient (Wildman–Crippen LogP) is 3.47. The number of rotatable bonds is 6. The van der Waals surface area contributed by atoms with Gasteiger partial charge in [0.15, 0.2) is 0 Å². The number of carbonyl (C=O) groups is 2. The van der Waals surface area contributed by atoms with E-state index in [0.29, 0.717) is 22.1 Å². The topological polar surface area (TPSA) is 88.5 Å². The van der Waals surface area contributed by atoms with Crippen LogP contribution in [0.5, 0.6) is 11.5 Å². The molecule has 1 heterocycles. The van der Waals surface area contributed by atoms with Crippen LogP contribution in [0.25, 0.3) is 6.08 Å². The van der Waals surface area contributed by atoms with Gasteiger partial charge in [0, 0.05) is 5.56 Å². The summed E-state index contributed by atoms with van der Waals surface area (Å²) in [5, 5.41) is 9.97. The van der Waals surface area contributed by atoms with Crippen LogP contribution < -0.4 is 14.8 Å². The van der Waals surface area contributed by atoms with Gasteiger partial charge in [-0.05, 0) is 47.7 Å². The van der Waals surface area contributed by atoms with Crippen LogP contribution in [0.2, 0.25) is 0 Å². The molecule has 6 nitrogen and oxygen atoms in total. The molecule has 1 aliphatic rings. The number of amides is 2. The smallest absolute Gasteiger partial charge is 0.290 e. The van der Waals surface area contributed by atoms with Gasteiger partial charge in [-0.2, -0.15) is 0 Å². The molecule has 0 radical (unpaired) electrons. The van der Waals surface area contributed by atoms with Gasteiger partial charge in [0.25, 0.3) is 11.1 Å². The summed E-state index contributed by atoms with van der Waals surface area (Å²) in [4.78, 5) is 23.1. The zero-order chi connectivity index (χ0) is 18.5. The minimum Gasteiger partial charge on any atom is -0.497 e. The van der Waals surface area contributed by atoms with Crippen LogP contribution in [0, 0.1) is 5.41 Å². The summed E-state index contributed by atoms with van der Waals surface area (Å²) in [5.41, 5.74) is 1.86. The summed E-state index contributed by atoms with van der Waals surface area (Å²) in [6.07, 6.45) is 1.65. The Kier molecular flexibility index (Phi) is 5.38. The minimum atomic E-state index is -0.382. The summed E-state index contributed by atoms with van der Waals surface area (Å²) in [6.45, 7) is 0.125. The van der Waals surface area contributed by atoms with E-state index in [2.05, 4.69) is 5.32 Å². The summed E-state index contributed by atoms with van der Waals surface area (Å²) in [7, 11) is 1.58. The molecule has 0 atom stereocenters. The number of imide groups is 1. The van der Waals surface area contributed by atoms with Crippen molar-refractivity contribution in [2.24, 2.45) is 0 Å². The second-order valence-corrected chi connectivity index (χ2v) is 6.44. The van der Waals surface area contributed by atoms with E-state index in [1.54, 1.807) is 43.5 Å². The maximum atomic E-state index is 11.5. The monoisotopic (exact) mass is 368 g/mol. The van der Waals surface area contributed by atoms with Crippen molar-refractivity contribution < 1.29 is 19.1 Å².